The number of rotatable bonds is 8. The first-order valence-electron chi connectivity index (χ1n) is 13.2. The molecule has 0 atom stereocenters. The van der Waals surface area contributed by atoms with Crippen LogP contribution in [-0.2, 0) is 9.59 Å². The second-order valence-electron chi connectivity index (χ2n) is 9.46. The summed E-state index contributed by atoms with van der Waals surface area (Å²) < 4.78 is 0. The van der Waals surface area contributed by atoms with Crippen LogP contribution < -0.4 is 25.8 Å². The zero-order valence-corrected chi connectivity index (χ0v) is 22.5. The Balaban J connectivity index is 1.53. The predicted octanol–water partition coefficient (Wildman–Crippen LogP) is 2.28. The quantitative estimate of drug-likeness (QED) is 0.377. The first-order chi connectivity index (χ1) is 17.9. The van der Waals surface area contributed by atoms with Gasteiger partial charge in [0.2, 0.25) is 11.8 Å². The van der Waals surface area contributed by atoms with E-state index in [4.69, 9.17) is 0 Å². The summed E-state index contributed by atoms with van der Waals surface area (Å²) >= 11 is 0. The molecule has 0 radical (unpaired) electrons. The highest BCUT2D eigenvalue weighted by atomic mass is 16.2. The molecule has 1 heterocycles. The molecule has 0 spiro atoms. The SMILES string of the molecule is CCN(CCN1CCNCCNC(=O)CC(=O)NCC1)c1ccc(/C=C/c2ccc(N(C)C)cc2)cc1. The Morgan fingerprint density at radius 1 is 0.784 bits per heavy atom. The van der Waals surface area contributed by atoms with E-state index in [9.17, 15) is 9.59 Å². The van der Waals surface area contributed by atoms with Crippen LogP contribution in [0.3, 0.4) is 0 Å². The number of benzene rings is 2. The fourth-order valence-corrected chi connectivity index (χ4v) is 4.22. The van der Waals surface area contributed by atoms with Gasteiger partial charge in [-0.1, -0.05) is 36.4 Å². The van der Waals surface area contributed by atoms with Crippen LogP contribution >= 0.6 is 0 Å². The largest absolute Gasteiger partial charge is 0.378 e. The molecule has 1 aliphatic rings. The summed E-state index contributed by atoms with van der Waals surface area (Å²) in [7, 11) is 4.09. The number of nitrogens with zero attached hydrogens (tertiary/aromatic N) is 3. The Labute approximate surface area is 221 Å². The first kappa shape index (κ1) is 28.2. The smallest absolute Gasteiger partial charge is 0.229 e. The van der Waals surface area contributed by atoms with Gasteiger partial charge >= 0.3 is 0 Å². The molecule has 2 aromatic rings. The molecule has 3 N–H and O–H groups in total. The van der Waals surface area contributed by atoms with Crippen molar-refractivity contribution in [2.75, 3.05) is 82.8 Å². The van der Waals surface area contributed by atoms with Crippen molar-refractivity contribution in [2.45, 2.75) is 13.3 Å². The number of hydrogen-bond donors (Lipinski definition) is 3. The molecule has 1 saturated heterocycles. The van der Waals surface area contributed by atoms with Gasteiger partial charge in [0.15, 0.2) is 0 Å². The maximum Gasteiger partial charge on any atom is 0.229 e. The van der Waals surface area contributed by atoms with E-state index in [0.717, 1.165) is 39.3 Å². The molecule has 37 heavy (non-hydrogen) atoms. The van der Waals surface area contributed by atoms with Crippen LogP contribution in [0.1, 0.15) is 24.5 Å². The molecule has 200 valence electrons. The van der Waals surface area contributed by atoms with E-state index in [1.54, 1.807) is 0 Å². The molecule has 0 bridgehead atoms. The van der Waals surface area contributed by atoms with Crippen molar-refractivity contribution in [3.8, 4) is 0 Å². The molecule has 1 aliphatic heterocycles. The van der Waals surface area contributed by atoms with Crippen LogP contribution in [0.4, 0.5) is 11.4 Å². The lowest BCUT2D eigenvalue weighted by atomic mass is 10.1. The second kappa shape index (κ2) is 15.0. The number of carbonyl (C=O) groups excluding carboxylic acids is 2. The first-order valence-corrected chi connectivity index (χ1v) is 13.2. The molecule has 0 saturated carbocycles. The Morgan fingerprint density at radius 3 is 1.95 bits per heavy atom. The van der Waals surface area contributed by atoms with E-state index >= 15 is 0 Å². The van der Waals surface area contributed by atoms with Crippen LogP contribution in [0.2, 0.25) is 0 Å². The third-order valence-electron chi connectivity index (χ3n) is 6.50. The van der Waals surface area contributed by atoms with Gasteiger partial charge in [-0.3, -0.25) is 14.5 Å². The number of amides is 2. The van der Waals surface area contributed by atoms with Gasteiger partial charge in [-0.2, -0.15) is 0 Å². The van der Waals surface area contributed by atoms with Gasteiger partial charge in [0.25, 0.3) is 0 Å². The van der Waals surface area contributed by atoms with Crippen LogP contribution in [0.15, 0.2) is 48.5 Å². The number of hydrogen-bond acceptors (Lipinski definition) is 6. The monoisotopic (exact) mass is 506 g/mol. The summed E-state index contributed by atoms with van der Waals surface area (Å²) in [6.45, 7) is 9.15. The number of nitrogens with one attached hydrogen (secondary N) is 3. The maximum absolute atomic E-state index is 12.0. The number of likely N-dealkylation sites (N-methyl/N-ethyl adjacent to an activating group) is 1. The molecule has 2 amide bonds. The molecule has 8 heteroatoms. The van der Waals surface area contributed by atoms with Crippen LogP contribution in [-0.4, -0.2) is 89.7 Å². The minimum absolute atomic E-state index is 0.114. The minimum atomic E-state index is -0.228. The lowest BCUT2D eigenvalue weighted by molar-refractivity contribution is -0.129. The summed E-state index contributed by atoms with van der Waals surface area (Å²) in [5.74, 6) is -0.450. The van der Waals surface area contributed by atoms with E-state index < -0.39 is 0 Å². The molecule has 0 unspecified atom stereocenters. The molecule has 1 fully saturated rings. The second-order valence-corrected chi connectivity index (χ2v) is 9.46. The summed E-state index contributed by atoms with van der Waals surface area (Å²) in [5, 5.41) is 9.01. The highest BCUT2D eigenvalue weighted by Gasteiger charge is 2.12. The zero-order chi connectivity index (χ0) is 26.5. The van der Waals surface area contributed by atoms with Crippen molar-refractivity contribution in [2.24, 2.45) is 0 Å². The average Bonchev–Trinajstić information content (AvgIpc) is 2.91. The van der Waals surface area contributed by atoms with E-state index in [2.05, 4.69) is 98.3 Å². The van der Waals surface area contributed by atoms with Crippen molar-refractivity contribution in [1.82, 2.24) is 20.9 Å². The van der Waals surface area contributed by atoms with Crippen molar-refractivity contribution >= 4 is 35.3 Å². The van der Waals surface area contributed by atoms with Gasteiger partial charge in [-0.25, -0.2) is 0 Å². The van der Waals surface area contributed by atoms with Gasteiger partial charge < -0.3 is 25.8 Å². The van der Waals surface area contributed by atoms with Crippen LogP contribution in [0, 0.1) is 0 Å². The molecular weight excluding hydrogens is 464 g/mol. The molecule has 3 rings (SSSR count). The van der Waals surface area contributed by atoms with E-state index in [1.807, 2.05) is 14.1 Å². The van der Waals surface area contributed by atoms with Gasteiger partial charge in [-0.05, 0) is 42.3 Å². The Hall–Kier alpha value is -3.36. The van der Waals surface area contributed by atoms with Gasteiger partial charge in [0.1, 0.15) is 6.42 Å². The fraction of sp³-hybridized carbons (Fsp3) is 0.448. The van der Waals surface area contributed by atoms with Gasteiger partial charge in [-0.15, -0.1) is 0 Å². The van der Waals surface area contributed by atoms with Crippen molar-refractivity contribution in [1.29, 1.82) is 0 Å². The Morgan fingerprint density at radius 2 is 1.35 bits per heavy atom. The zero-order valence-electron chi connectivity index (χ0n) is 22.5. The molecular formula is C29H42N6O2. The van der Waals surface area contributed by atoms with Crippen LogP contribution in [0.25, 0.3) is 12.2 Å². The van der Waals surface area contributed by atoms with Crippen LogP contribution in [0.5, 0.6) is 0 Å². The fourth-order valence-electron chi connectivity index (χ4n) is 4.22. The molecule has 0 aliphatic carbocycles. The van der Waals surface area contributed by atoms with Crippen molar-refractivity contribution < 1.29 is 9.59 Å². The topological polar surface area (TPSA) is 80.0 Å². The van der Waals surface area contributed by atoms with E-state index in [-0.39, 0.29) is 18.2 Å². The minimum Gasteiger partial charge on any atom is -0.378 e. The van der Waals surface area contributed by atoms with E-state index in [0.29, 0.717) is 19.6 Å². The Kier molecular flexibility index (Phi) is 11.5. The molecule has 2 aromatic carbocycles. The molecule has 8 nitrogen and oxygen atoms in total. The van der Waals surface area contributed by atoms with E-state index in [1.165, 1.54) is 22.5 Å². The number of carbonyl (C=O) groups is 2. The lowest BCUT2D eigenvalue weighted by Gasteiger charge is -2.28. The van der Waals surface area contributed by atoms with Crippen molar-refractivity contribution in [3.63, 3.8) is 0 Å². The summed E-state index contributed by atoms with van der Waals surface area (Å²) in [6.07, 6.45) is 4.18. The predicted molar refractivity (Wildman–Crippen MR) is 154 cm³/mol. The highest BCUT2D eigenvalue weighted by Crippen LogP contribution is 2.18. The standard InChI is InChI=1S/C29H42N6O2/c1-4-35(22-21-34-19-17-30-15-16-31-28(36)23-29(37)32-18-20-34)27-13-9-25(10-14-27)6-5-24-7-11-26(12-8-24)33(2)3/h5-14,30H,4,15-23H2,1-3H3,(H,31,36)(H,32,37)/b6-5+. The third-order valence-corrected chi connectivity index (χ3v) is 6.50. The third kappa shape index (κ3) is 9.90. The van der Waals surface area contributed by atoms with Gasteiger partial charge in [0, 0.05) is 84.4 Å². The number of anilines is 2. The normalized spacial score (nSPS) is 16.3. The van der Waals surface area contributed by atoms with Crippen molar-refractivity contribution in [3.05, 3.63) is 59.7 Å². The Bertz CT molecular complexity index is 1000. The van der Waals surface area contributed by atoms with Gasteiger partial charge in [0.05, 0.1) is 0 Å². The summed E-state index contributed by atoms with van der Waals surface area (Å²) in [4.78, 5) is 30.5. The molecule has 0 aromatic heterocycles. The summed E-state index contributed by atoms with van der Waals surface area (Å²) in [6, 6.07) is 17.2. The highest BCUT2D eigenvalue weighted by molar-refractivity contribution is 5.96. The lowest BCUT2D eigenvalue weighted by Crippen LogP contribution is -2.42. The maximum atomic E-state index is 12.0. The average molecular weight is 507 g/mol. The summed E-state index contributed by atoms with van der Waals surface area (Å²) in [5.41, 5.74) is 4.75.